The molecule has 4 nitrogen and oxygen atoms in total. The third-order valence-electron chi connectivity index (χ3n) is 5.67. The van der Waals surface area contributed by atoms with Gasteiger partial charge < -0.3 is 15.2 Å². The molecule has 0 saturated heterocycles. The van der Waals surface area contributed by atoms with Gasteiger partial charge in [-0.15, -0.1) is 0 Å². The second kappa shape index (κ2) is 11.2. The van der Waals surface area contributed by atoms with Crippen molar-refractivity contribution in [2.75, 3.05) is 6.54 Å². The molecule has 0 amide bonds. The normalized spacial score (nSPS) is 13.7. The molecule has 1 heterocycles. The van der Waals surface area contributed by atoms with Gasteiger partial charge in [-0.2, -0.15) is 26.3 Å². The van der Waals surface area contributed by atoms with E-state index in [4.69, 9.17) is 4.74 Å². The lowest BCUT2D eigenvalue weighted by molar-refractivity contribution is -0.202. The van der Waals surface area contributed by atoms with Crippen LogP contribution in [0.2, 0.25) is 0 Å². The highest BCUT2D eigenvalue weighted by molar-refractivity contribution is 5.65. The molecule has 0 bridgehead atoms. The van der Waals surface area contributed by atoms with Crippen molar-refractivity contribution in [3.63, 3.8) is 0 Å². The van der Waals surface area contributed by atoms with Gasteiger partial charge in [-0.1, -0.05) is 48.5 Å². The lowest BCUT2D eigenvalue weighted by Gasteiger charge is -2.24. The van der Waals surface area contributed by atoms with Crippen LogP contribution in [-0.4, -0.2) is 28.9 Å². The lowest BCUT2D eigenvalue weighted by atomic mass is 9.95. The molecule has 198 valence electrons. The van der Waals surface area contributed by atoms with E-state index in [1.54, 1.807) is 54.6 Å². The van der Waals surface area contributed by atoms with Gasteiger partial charge in [0.1, 0.15) is 11.5 Å². The predicted octanol–water partition coefficient (Wildman–Crippen LogP) is 7.16. The Bertz CT molecular complexity index is 1360. The van der Waals surface area contributed by atoms with E-state index in [2.05, 4.69) is 10.3 Å². The molecule has 38 heavy (non-hydrogen) atoms. The first-order chi connectivity index (χ1) is 18.0. The molecule has 0 radical (unpaired) electrons. The molecule has 10 heteroatoms. The molecule has 0 spiro atoms. The Labute approximate surface area is 214 Å². The van der Waals surface area contributed by atoms with Crippen LogP contribution in [-0.2, 0) is 6.18 Å². The molecule has 3 aromatic carbocycles. The van der Waals surface area contributed by atoms with Crippen LogP contribution in [0.4, 0.5) is 26.3 Å². The highest BCUT2D eigenvalue weighted by Gasteiger charge is 2.38. The summed E-state index contributed by atoms with van der Waals surface area (Å²) in [6.45, 7) is -0.848. The fourth-order valence-corrected chi connectivity index (χ4v) is 3.89. The summed E-state index contributed by atoms with van der Waals surface area (Å²) in [5.41, 5.74) is -0.269. The number of nitrogens with zero attached hydrogens (tertiary/aromatic N) is 1. The third-order valence-corrected chi connectivity index (χ3v) is 5.67. The van der Waals surface area contributed by atoms with Gasteiger partial charge in [-0.3, -0.25) is 4.98 Å². The standard InChI is InChI=1S/C28H22F6N2O2/c29-27(30,31)23-13-6-14-35-26(23)19-8-4-7-18(15-19)25(36-17-24(37)28(32,33)34)20-9-5-12-22(16-20)38-21-10-2-1-3-11-21/h1-16,24-25,36-37H,17H2. The molecule has 4 rings (SSSR count). The van der Waals surface area contributed by atoms with Gasteiger partial charge in [0, 0.05) is 18.3 Å². The number of rotatable bonds is 8. The maximum atomic E-state index is 13.6. The van der Waals surface area contributed by atoms with Gasteiger partial charge in [-0.05, 0) is 53.6 Å². The van der Waals surface area contributed by atoms with Gasteiger partial charge in [0.05, 0.1) is 17.3 Å². The van der Waals surface area contributed by atoms with Crippen LogP contribution in [0.1, 0.15) is 22.7 Å². The molecular weight excluding hydrogens is 510 g/mol. The SMILES string of the molecule is OC(CNC(c1cccc(Oc2ccccc2)c1)c1cccc(-c2ncccc2C(F)(F)F)c1)C(F)(F)F. The van der Waals surface area contributed by atoms with Crippen LogP contribution in [0.25, 0.3) is 11.3 Å². The Kier molecular flexibility index (Phi) is 8.03. The lowest BCUT2D eigenvalue weighted by Crippen LogP contribution is -2.40. The Balaban J connectivity index is 1.73. The van der Waals surface area contributed by atoms with Crippen molar-refractivity contribution in [3.05, 3.63) is 114 Å². The van der Waals surface area contributed by atoms with Gasteiger partial charge in [0.15, 0.2) is 6.10 Å². The van der Waals surface area contributed by atoms with Crippen LogP contribution in [0, 0.1) is 0 Å². The molecule has 2 unspecified atom stereocenters. The summed E-state index contributed by atoms with van der Waals surface area (Å²) in [5, 5.41) is 12.3. The van der Waals surface area contributed by atoms with Crippen molar-refractivity contribution in [1.82, 2.24) is 10.3 Å². The zero-order valence-electron chi connectivity index (χ0n) is 19.7. The minimum absolute atomic E-state index is 0.135. The number of alkyl halides is 6. The number of hydrogen-bond donors (Lipinski definition) is 2. The summed E-state index contributed by atoms with van der Waals surface area (Å²) in [6, 6.07) is 22.5. The highest BCUT2D eigenvalue weighted by Crippen LogP contribution is 2.37. The molecule has 2 atom stereocenters. The summed E-state index contributed by atoms with van der Waals surface area (Å²) < 4.78 is 85.7. The first-order valence-corrected chi connectivity index (χ1v) is 11.5. The van der Waals surface area contributed by atoms with Gasteiger partial charge in [-0.25, -0.2) is 0 Å². The highest BCUT2D eigenvalue weighted by atomic mass is 19.4. The average Bonchev–Trinajstić information content (AvgIpc) is 2.89. The van der Waals surface area contributed by atoms with E-state index in [0.717, 1.165) is 6.07 Å². The average molecular weight is 532 g/mol. The summed E-state index contributed by atoms with van der Waals surface area (Å²) in [4.78, 5) is 3.91. The molecular formula is C28H22F6N2O2. The Morgan fingerprint density at radius 1 is 0.763 bits per heavy atom. The van der Waals surface area contributed by atoms with Crippen molar-refractivity contribution in [1.29, 1.82) is 0 Å². The fraction of sp³-hybridized carbons (Fsp3) is 0.179. The number of pyridine rings is 1. The number of para-hydroxylation sites is 1. The zero-order valence-corrected chi connectivity index (χ0v) is 19.7. The monoisotopic (exact) mass is 532 g/mol. The van der Waals surface area contributed by atoms with Gasteiger partial charge in [0.2, 0.25) is 0 Å². The summed E-state index contributed by atoms with van der Waals surface area (Å²) in [5.74, 6) is 0.940. The second-order valence-electron chi connectivity index (χ2n) is 8.41. The van der Waals surface area contributed by atoms with Crippen molar-refractivity contribution >= 4 is 0 Å². The molecule has 0 fully saturated rings. The largest absolute Gasteiger partial charge is 0.457 e. The van der Waals surface area contributed by atoms with E-state index in [1.165, 1.54) is 30.5 Å². The van der Waals surface area contributed by atoms with Crippen molar-refractivity contribution in [2.24, 2.45) is 0 Å². The number of halogens is 6. The minimum atomic E-state index is -4.85. The van der Waals surface area contributed by atoms with E-state index < -0.39 is 36.6 Å². The quantitative estimate of drug-likeness (QED) is 0.237. The number of aliphatic hydroxyl groups is 1. The Morgan fingerprint density at radius 3 is 2.11 bits per heavy atom. The molecule has 0 saturated carbocycles. The fourth-order valence-electron chi connectivity index (χ4n) is 3.89. The van der Waals surface area contributed by atoms with Crippen molar-refractivity contribution < 1.29 is 36.2 Å². The first kappa shape index (κ1) is 27.2. The predicted molar refractivity (Wildman–Crippen MR) is 130 cm³/mol. The van der Waals surface area contributed by atoms with Gasteiger partial charge >= 0.3 is 12.4 Å². The van der Waals surface area contributed by atoms with Gasteiger partial charge in [0.25, 0.3) is 0 Å². The number of ether oxygens (including phenoxy) is 1. The summed E-state index contributed by atoms with van der Waals surface area (Å²) >= 11 is 0. The van der Waals surface area contributed by atoms with Crippen LogP contribution >= 0.6 is 0 Å². The number of aliphatic hydroxyl groups excluding tert-OH is 1. The number of benzene rings is 3. The van der Waals surface area contributed by atoms with E-state index in [1.807, 2.05) is 6.07 Å². The number of aromatic nitrogens is 1. The Morgan fingerprint density at radius 2 is 1.42 bits per heavy atom. The molecule has 2 N–H and O–H groups in total. The van der Waals surface area contributed by atoms with E-state index in [9.17, 15) is 31.4 Å². The van der Waals surface area contributed by atoms with Crippen molar-refractivity contribution in [3.8, 4) is 22.8 Å². The molecule has 0 aliphatic rings. The van der Waals surface area contributed by atoms with Crippen LogP contribution in [0.15, 0.2) is 97.2 Å². The van der Waals surface area contributed by atoms with Crippen LogP contribution in [0.3, 0.4) is 0 Å². The van der Waals surface area contributed by atoms with E-state index in [-0.39, 0.29) is 11.3 Å². The zero-order chi connectivity index (χ0) is 27.3. The Hall–Kier alpha value is -3.89. The number of hydrogen-bond acceptors (Lipinski definition) is 4. The maximum Gasteiger partial charge on any atom is 0.418 e. The maximum absolute atomic E-state index is 13.6. The first-order valence-electron chi connectivity index (χ1n) is 11.5. The minimum Gasteiger partial charge on any atom is -0.457 e. The second-order valence-corrected chi connectivity index (χ2v) is 8.41. The molecule has 4 aromatic rings. The smallest absolute Gasteiger partial charge is 0.418 e. The topological polar surface area (TPSA) is 54.4 Å². The summed E-state index contributed by atoms with van der Waals surface area (Å²) in [6.07, 6.45) is -10.9. The number of nitrogens with one attached hydrogen (secondary N) is 1. The summed E-state index contributed by atoms with van der Waals surface area (Å²) in [7, 11) is 0. The van der Waals surface area contributed by atoms with E-state index in [0.29, 0.717) is 22.6 Å². The van der Waals surface area contributed by atoms with E-state index >= 15 is 0 Å². The van der Waals surface area contributed by atoms with Crippen LogP contribution in [0.5, 0.6) is 11.5 Å². The third kappa shape index (κ3) is 6.70. The molecule has 0 aliphatic heterocycles. The van der Waals surface area contributed by atoms with Crippen LogP contribution < -0.4 is 10.1 Å². The van der Waals surface area contributed by atoms with Crippen molar-refractivity contribution in [2.45, 2.75) is 24.5 Å². The molecule has 0 aliphatic carbocycles. The molecule has 1 aromatic heterocycles.